The molecule has 0 radical (unpaired) electrons. The average Bonchev–Trinajstić information content (AvgIpc) is 1.98. The second kappa shape index (κ2) is 5.68. The topological polar surface area (TPSA) is 9.23 Å². The maximum atomic E-state index is 5.25. The zero-order valence-electron chi connectivity index (χ0n) is 7.31. The molecular weight excluding hydrogens is 140 g/mol. The standard InChI is InChI=1S/C8H18OSi/c1-4-5-6-7(2)8(3)9-10/h8H,2,4-6H2,1,3,10H3. The highest BCUT2D eigenvalue weighted by Gasteiger charge is 2.01. The van der Waals surface area contributed by atoms with Gasteiger partial charge >= 0.3 is 0 Å². The van der Waals surface area contributed by atoms with Crippen molar-refractivity contribution in [2.45, 2.75) is 39.2 Å². The molecular formula is C8H18OSi. The fraction of sp³-hybridized carbons (Fsp3) is 0.750. The molecule has 0 aromatic heterocycles. The lowest BCUT2D eigenvalue weighted by molar-refractivity contribution is 0.278. The summed E-state index contributed by atoms with van der Waals surface area (Å²) in [4.78, 5) is 0. The van der Waals surface area contributed by atoms with Gasteiger partial charge in [-0.25, -0.2) is 0 Å². The van der Waals surface area contributed by atoms with Crippen molar-refractivity contribution in [2.24, 2.45) is 0 Å². The minimum atomic E-state index is 0.290. The zero-order chi connectivity index (χ0) is 7.98. The van der Waals surface area contributed by atoms with Crippen molar-refractivity contribution in [2.75, 3.05) is 0 Å². The molecule has 60 valence electrons. The Morgan fingerprint density at radius 3 is 2.70 bits per heavy atom. The van der Waals surface area contributed by atoms with Crippen molar-refractivity contribution in [3.05, 3.63) is 12.2 Å². The van der Waals surface area contributed by atoms with Gasteiger partial charge in [0, 0.05) is 0 Å². The molecule has 1 atom stereocenters. The molecule has 0 fully saturated rings. The van der Waals surface area contributed by atoms with Crippen LogP contribution >= 0.6 is 0 Å². The first-order chi connectivity index (χ1) is 4.72. The highest BCUT2D eigenvalue weighted by molar-refractivity contribution is 5.98. The third-order valence-corrected chi connectivity index (χ3v) is 2.49. The molecule has 0 rings (SSSR count). The minimum absolute atomic E-state index is 0.290. The third-order valence-electron chi connectivity index (χ3n) is 1.78. The maximum absolute atomic E-state index is 5.25. The van der Waals surface area contributed by atoms with Crippen LogP contribution in [0.5, 0.6) is 0 Å². The molecule has 0 N–H and O–H groups in total. The number of rotatable bonds is 5. The van der Waals surface area contributed by atoms with Crippen LogP contribution in [0, 0.1) is 0 Å². The van der Waals surface area contributed by atoms with Gasteiger partial charge in [-0.05, 0) is 19.8 Å². The summed E-state index contributed by atoms with van der Waals surface area (Å²) in [5, 5.41) is 0. The van der Waals surface area contributed by atoms with Crippen LogP contribution in [0.4, 0.5) is 0 Å². The predicted octanol–water partition coefficient (Wildman–Crippen LogP) is 1.42. The van der Waals surface area contributed by atoms with E-state index in [4.69, 9.17) is 4.43 Å². The Morgan fingerprint density at radius 2 is 2.30 bits per heavy atom. The van der Waals surface area contributed by atoms with Gasteiger partial charge in [0.05, 0.1) is 6.10 Å². The molecule has 0 amide bonds. The van der Waals surface area contributed by atoms with E-state index in [0.717, 1.165) is 16.9 Å². The second-order valence-corrected chi connectivity index (χ2v) is 3.11. The van der Waals surface area contributed by atoms with E-state index < -0.39 is 0 Å². The van der Waals surface area contributed by atoms with Gasteiger partial charge in [0.25, 0.3) is 0 Å². The number of unbranched alkanes of at least 4 members (excludes halogenated alkanes) is 1. The van der Waals surface area contributed by atoms with E-state index in [0.29, 0.717) is 6.10 Å². The average molecular weight is 158 g/mol. The molecule has 0 heterocycles. The lowest BCUT2D eigenvalue weighted by Crippen LogP contribution is -2.08. The first-order valence-corrected chi connectivity index (χ1v) is 4.74. The van der Waals surface area contributed by atoms with Crippen molar-refractivity contribution in [3.8, 4) is 0 Å². The summed E-state index contributed by atoms with van der Waals surface area (Å²) in [5.74, 6) is 0. The van der Waals surface area contributed by atoms with Crippen LogP contribution in [0.15, 0.2) is 12.2 Å². The lowest BCUT2D eigenvalue weighted by Gasteiger charge is -2.12. The van der Waals surface area contributed by atoms with E-state index in [9.17, 15) is 0 Å². The largest absolute Gasteiger partial charge is 0.422 e. The Labute approximate surface area is 67.0 Å². The van der Waals surface area contributed by atoms with E-state index in [-0.39, 0.29) is 0 Å². The van der Waals surface area contributed by atoms with E-state index in [2.05, 4.69) is 20.4 Å². The fourth-order valence-electron chi connectivity index (χ4n) is 0.774. The Hall–Kier alpha value is -0.0831. The monoisotopic (exact) mass is 158 g/mol. The van der Waals surface area contributed by atoms with E-state index in [1.807, 2.05) is 0 Å². The quantitative estimate of drug-likeness (QED) is 0.434. The van der Waals surface area contributed by atoms with Crippen LogP contribution in [0.3, 0.4) is 0 Å². The summed E-state index contributed by atoms with van der Waals surface area (Å²) < 4.78 is 5.25. The molecule has 0 bridgehead atoms. The molecule has 0 aromatic rings. The van der Waals surface area contributed by atoms with Gasteiger partial charge < -0.3 is 4.43 Å². The van der Waals surface area contributed by atoms with E-state index in [1.165, 1.54) is 18.4 Å². The Balaban J connectivity index is 3.42. The van der Waals surface area contributed by atoms with Crippen molar-refractivity contribution in [1.82, 2.24) is 0 Å². The second-order valence-electron chi connectivity index (χ2n) is 2.64. The van der Waals surface area contributed by atoms with Crippen LogP contribution in [0.1, 0.15) is 33.1 Å². The summed E-state index contributed by atoms with van der Waals surface area (Å²) in [6, 6.07) is 0. The Morgan fingerprint density at radius 1 is 1.70 bits per heavy atom. The van der Waals surface area contributed by atoms with Gasteiger partial charge in [0.15, 0.2) is 0 Å². The SMILES string of the molecule is C=C(CCCC)C(C)O[SiH3]. The molecule has 0 spiro atoms. The summed E-state index contributed by atoms with van der Waals surface area (Å²) in [6.07, 6.45) is 3.90. The molecule has 0 aromatic carbocycles. The predicted molar refractivity (Wildman–Crippen MR) is 49.2 cm³/mol. The normalized spacial score (nSPS) is 13.4. The highest BCUT2D eigenvalue weighted by atomic mass is 28.2. The summed E-state index contributed by atoms with van der Waals surface area (Å²) in [5.41, 5.74) is 1.25. The molecule has 2 heteroatoms. The molecule has 0 aliphatic heterocycles. The van der Waals surface area contributed by atoms with Gasteiger partial charge in [0.1, 0.15) is 10.5 Å². The molecule has 0 aliphatic carbocycles. The van der Waals surface area contributed by atoms with E-state index in [1.54, 1.807) is 0 Å². The molecule has 1 unspecified atom stereocenters. The molecule has 0 saturated carbocycles. The minimum Gasteiger partial charge on any atom is -0.422 e. The Bertz CT molecular complexity index is 101. The van der Waals surface area contributed by atoms with Gasteiger partial charge in [-0.2, -0.15) is 0 Å². The maximum Gasteiger partial charge on any atom is 0.146 e. The lowest BCUT2D eigenvalue weighted by atomic mass is 10.1. The smallest absolute Gasteiger partial charge is 0.146 e. The highest BCUT2D eigenvalue weighted by Crippen LogP contribution is 2.10. The van der Waals surface area contributed by atoms with Gasteiger partial charge in [-0.15, -0.1) is 0 Å². The van der Waals surface area contributed by atoms with Gasteiger partial charge in [0.2, 0.25) is 0 Å². The van der Waals surface area contributed by atoms with Crippen molar-refractivity contribution in [3.63, 3.8) is 0 Å². The van der Waals surface area contributed by atoms with E-state index >= 15 is 0 Å². The summed E-state index contributed by atoms with van der Waals surface area (Å²) in [7, 11) is 0.818. The summed E-state index contributed by atoms with van der Waals surface area (Å²) >= 11 is 0. The zero-order valence-corrected chi connectivity index (χ0v) is 9.31. The first kappa shape index (κ1) is 9.92. The van der Waals surface area contributed by atoms with Crippen LogP contribution < -0.4 is 0 Å². The summed E-state index contributed by atoms with van der Waals surface area (Å²) in [6.45, 7) is 8.23. The number of hydrogen-bond donors (Lipinski definition) is 0. The molecule has 0 saturated heterocycles. The molecule has 10 heavy (non-hydrogen) atoms. The van der Waals surface area contributed by atoms with Crippen LogP contribution in [0.25, 0.3) is 0 Å². The number of hydrogen-bond acceptors (Lipinski definition) is 1. The van der Waals surface area contributed by atoms with Gasteiger partial charge in [-0.3, -0.25) is 0 Å². The first-order valence-electron chi connectivity index (χ1n) is 3.92. The third kappa shape index (κ3) is 3.85. The molecule has 1 nitrogen and oxygen atoms in total. The Kier molecular flexibility index (Phi) is 5.64. The molecule has 0 aliphatic rings. The van der Waals surface area contributed by atoms with Crippen LogP contribution in [-0.4, -0.2) is 16.6 Å². The van der Waals surface area contributed by atoms with Crippen LogP contribution in [-0.2, 0) is 4.43 Å². The van der Waals surface area contributed by atoms with Crippen molar-refractivity contribution in [1.29, 1.82) is 0 Å². The fourth-order valence-corrected chi connectivity index (χ4v) is 1.11. The van der Waals surface area contributed by atoms with Gasteiger partial charge in [-0.1, -0.05) is 25.5 Å². The van der Waals surface area contributed by atoms with Crippen molar-refractivity contribution < 1.29 is 4.43 Å². The van der Waals surface area contributed by atoms with Crippen LogP contribution in [0.2, 0.25) is 0 Å². The van der Waals surface area contributed by atoms with Crippen molar-refractivity contribution >= 4 is 10.5 Å².